The highest BCUT2D eigenvalue weighted by atomic mass is 32.2. The number of hydrogen-bond acceptors (Lipinski definition) is 4. The zero-order chi connectivity index (χ0) is 16.1. The van der Waals surface area contributed by atoms with E-state index in [1.807, 2.05) is 6.92 Å². The van der Waals surface area contributed by atoms with Crippen LogP contribution in [0.15, 0.2) is 23.1 Å². The Balaban J connectivity index is 1.65. The lowest BCUT2D eigenvalue weighted by Gasteiger charge is -2.38. The summed E-state index contributed by atoms with van der Waals surface area (Å²) in [6.45, 7) is 3.84. The Kier molecular flexibility index (Phi) is 3.57. The first-order valence-electron chi connectivity index (χ1n) is 8.42. The van der Waals surface area contributed by atoms with Gasteiger partial charge in [0.25, 0.3) is 0 Å². The third-order valence-electron chi connectivity index (χ3n) is 5.45. The number of nitrogens with zero attached hydrogens (tertiary/aromatic N) is 1. The summed E-state index contributed by atoms with van der Waals surface area (Å²) in [4.78, 5) is 0.310. The molecule has 0 N–H and O–H groups in total. The fourth-order valence-corrected chi connectivity index (χ4v) is 5.84. The molecule has 6 heteroatoms. The SMILES string of the molecule is CC1CC2(CCC2)CN1S(=O)(=O)c1ccc2c(c1)OCCCO2. The van der Waals surface area contributed by atoms with Gasteiger partial charge in [0.2, 0.25) is 10.0 Å². The molecule has 0 bridgehead atoms. The molecule has 0 aromatic heterocycles. The maximum Gasteiger partial charge on any atom is 0.243 e. The number of sulfonamides is 1. The first-order chi connectivity index (χ1) is 11.0. The fourth-order valence-electron chi connectivity index (χ4n) is 4.08. The van der Waals surface area contributed by atoms with Crippen molar-refractivity contribution in [2.45, 2.75) is 50.0 Å². The zero-order valence-corrected chi connectivity index (χ0v) is 14.3. The molecule has 0 radical (unpaired) electrons. The molecule has 126 valence electrons. The van der Waals surface area contributed by atoms with Crippen LogP contribution in [0.2, 0.25) is 0 Å². The second-order valence-electron chi connectivity index (χ2n) is 7.12. The monoisotopic (exact) mass is 337 g/mol. The van der Waals surface area contributed by atoms with Gasteiger partial charge < -0.3 is 9.47 Å². The van der Waals surface area contributed by atoms with Crippen molar-refractivity contribution in [3.8, 4) is 11.5 Å². The number of hydrogen-bond donors (Lipinski definition) is 0. The molecule has 23 heavy (non-hydrogen) atoms. The van der Waals surface area contributed by atoms with Crippen LogP contribution < -0.4 is 9.47 Å². The van der Waals surface area contributed by atoms with E-state index < -0.39 is 10.0 Å². The number of benzene rings is 1. The second kappa shape index (κ2) is 5.38. The van der Waals surface area contributed by atoms with Crippen molar-refractivity contribution in [3.05, 3.63) is 18.2 Å². The van der Waals surface area contributed by atoms with Crippen LogP contribution in [0.25, 0.3) is 0 Å². The molecule has 3 aliphatic rings. The molecule has 1 saturated heterocycles. The topological polar surface area (TPSA) is 55.8 Å². The van der Waals surface area contributed by atoms with E-state index in [0.29, 0.717) is 36.2 Å². The van der Waals surface area contributed by atoms with Gasteiger partial charge in [0.1, 0.15) is 0 Å². The average Bonchev–Trinajstić information content (AvgIpc) is 2.71. The molecule has 1 spiro atoms. The van der Waals surface area contributed by atoms with Crippen molar-refractivity contribution in [3.63, 3.8) is 0 Å². The molecule has 2 fully saturated rings. The average molecular weight is 337 g/mol. The largest absolute Gasteiger partial charge is 0.490 e. The van der Waals surface area contributed by atoms with E-state index in [-0.39, 0.29) is 11.5 Å². The Morgan fingerprint density at radius 3 is 2.52 bits per heavy atom. The quantitative estimate of drug-likeness (QED) is 0.833. The van der Waals surface area contributed by atoms with E-state index in [1.165, 1.54) is 6.42 Å². The van der Waals surface area contributed by atoms with Crippen LogP contribution in [0.5, 0.6) is 11.5 Å². The molecular weight excluding hydrogens is 314 g/mol. The minimum Gasteiger partial charge on any atom is -0.490 e. The van der Waals surface area contributed by atoms with Gasteiger partial charge in [0.05, 0.1) is 18.1 Å². The highest BCUT2D eigenvalue weighted by molar-refractivity contribution is 7.89. The summed E-state index contributed by atoms with van der Waals surface area (Å²) in [7, 11) is -3.48. The van der Waals surface area contributed by atoms with Crippen LogP contribution in [-0.2, 0) is 10.0 Å². The predicted octanol–water partition coefficient (Wildman–Crippen LogP) is 2.80. The van der Waals surface area contributed by atoms with Crippen LogP contribution in [0.1, 0.15) is 39.0 Å². The van der Waals surface area contributed by atoms with Crippen LogP contribution in [0.4, 0.5) is 0 Å². The van der Waals surface area contributed by atoms with Crippen LogP contribution in [0, 0.1) is 5.41 Å². The molecule has 4 rings (SSSR count). The fraction of sp³-hybridized carbons (Fsp3) is 0.647. The molecule has 1 aromatic carbocycles. The van der Waals surface area contributed by atoms with Crippen LogP contribution in [0.3, 0.4) is 0 Å². The first kappa shape index (κ1) is 15.3. The van der Waals surface area contributed by atoms with Crippen molar-refractivity contribution in [1.82, 2.24) is 4.31 Å². The van der Waals surface area contributed by atoms with Gasteiger partial charge in [-0.3, -0.25) is 0 Å². The highest BCUT2D eigenvalue weighted by Gasteiger charge is 2.50. The van der Waals surface area contributed by atoms with Gasteiger partial charge in [-0.1, -0.05) is 6.42 Å². The van der Waals surface area contributed by atoms with Gasteiger partial charge in [-0.15, -0.1) is 0 Å². The summed E-state index contributed by atoms with van der Waals surface area (Å²) in [5.74, 6) is 1.17. The molecule has 2 heterocycles. The van der Waals surface area contributed by atoms with Crippen molar-refractivity contribution >= 4 is 10.0 Å². The normalized spacial score (nSPS) is 26.7. The van der Waals surface area contributed by atoms with E-state index >= 15 is 0 Å². The standard InChI is InChI=1S/C17H23NO4S/c1-13-11-17(6-2-7-17)12-18(13)23(19,20)14-4-5-15-16(10-14)22-9-3-8-21-15/h4-5,10,13H,2-3,6-9,11-12H2,1H3. The second-order valence-corrected chi connectivity index (χ2v) is 9.01. The molecule has 1 aromatic rings. The van der Waals surface area contributed by atoms with Crippen molar-refractivity contribution in [2.75, 3.05) is 19.8 Å². The lowest BCUT2D eigenvalue weighted by Crippen LogP contribution is -2.37. The maximum absolute atomic E-state index is 13.1. The van der Waals surface area contributed by atoms with E-state index in [2.05, 4.69) is 0 Å². The van der Waals surface area contributed by atoms with Crippen molar-refractivity contribution < 1.29 is 17.9 Å². The molecular formula is C17H23NO4S. The minimum absolute atomic E-state index is 0.0660. The van der Waals surface area contributed by atoms with Crippen molar-refractivity contribution in [1.29, 1.82) is 0 Å². The molecule has 0 amide bonds. The third kappa shape index (κ3) is 2.52. The number of ether oxygens (including phenoxy) is 2. The third-order valence-corrected chi connectivity index (χ3v) is 7.41. The Bertz CT molecular complexity index is 711. The molecule has 2 aliphatic heterocycles. The molecule has 1 aliphatic carbocycles. The van der Waals surface area contributed by atoms with Gasteiger partial charge in [0, 0.05) is 25.1 Å². The molecule has 1 atom stereocenters. The molecule has 1 unspecified atom stereocenters. The highest BCUT2D eigenvalue weighted by Crippen LogP contribution is 2.51. The predicted molar refractivity (Wildman–Crippen MR) is 86.3 cm³/mol. The van der Waals surface area contributed by atoms with Gasteiger partial charge >= 0.3 is 0 Å². The van der Waals surface area contributed by atoms with E-state index in [0.717, 1.165) is 25.7 Å². The summed E-state index contributed by atoms with van der Waals surface area (Å²) < 4.78 is 39.1. The minimum atomic E-state index is -3.48. The van der Waals surface area contributed by atoms with Gasteiger partial charge in [-0.25, -0.2) is 8.42 Å². The molecule has 5 nitrogen and oxygen atoms in total. The number of rotatable bonds is 2. The summed E-state index contributed by atoms with van der Waals surface area (Å²) in [5.41, 5.74) is 0.234. The van der Waals surface area contributed by atoms with E-state index in [4.69, 9.17) is 9.47 Å². The Hall–Kier alpha value is -1.27. The van der Waals surface area contributed by atoms with Gasteiger partial charge in [-0.2, -0.15) is 4.31 Å². The summed E-state index contributed by atoms with van der Waals surface area (Å²) >= 11 is 0. The summed E-state index contributed by atoms with van der Waals surface area (Å²) in [6, 6.07) is 5.04. The first-order valence-corrected chi connectivity index (χ1v) is 9.86. The Morgan fingerprint density at radius 2 is 1.87 bits per heavy atom. The van der Waals surface area contributed by atoms with Crippen LogP contribution >= 0.6 is 0 Å². The van der Waals surface area contributed by atoms with Gasteiger partial charge in [0.15, 0.2) is 11.5 Å². The van der Waals surface area contributed by atoms with E-state index in [1.54, 1.807) is 22.5 Å². The lowest BCUT2D eigenvalue weighted by molar-refractivity contribution is 0.152. The summed E-state index contributed by atoms with van der Waals surface area (Å²) in [5, 5.41) is 0. The smallest absolute Gasteiger partial charge is 0.243 e. The zero-order valence-electron chi connectivity index (χ0n) is 13.5. The van der Waals surface area contributed by atoms with Crippen molar-refractivity contribution in [2.24, 2.45) is 5.41 Å². The lowest BCUT2D eigenvalue weighted by atomic mass is 9.68. The number of fused-ring (bicyclic) bond motifs is 1. The maximum atomic E-state index is 13.1. The van der Waals surface area contributed by atoms with Gasteiger partial charge in [-0.05, 0) is 43.7 Å². The van der Waals surface area contributed by atoms with Crippen LogP contribution in [-0.4, -0.2) is 38.5 Å². The van der Waals surface area contributed by atoms with E-state index in [9.17, 15) is 8.42 Å². The Morgan fingerprint density at radius 1 is 1.13 bits per heavy atom. The molecule has 1 saturated carbocycles. The summed E-state index contributed by atoms with van der Waals surface area (Å²) in [6.07, 6.45) is 5.33. The Labute approximate surface area is 137 Å².